The minimum Gasteiger partial charge on any atom is -0.358 e. The predicted octanol–water partition coefficient (Wildman–Crippen LogP) is 2.11. The second-order valence-electron chi connectivity index (χ2n) is 2.54. The van der Waals surface area contributed by atoms with Gasteiger partial charge in [0.05, 0.1) is 11.2 Å². The molecule has 0 saturated heterocycles. The second-order valence-corrected chi connectivity index (χ2v) is 3.25. The van der Waals surface area contributed by atoms with Crippen LogP contribution < -0.4 is 0 Å². The zero-order chi connectivity index (χ0) is 9.97. The summed E-state index contributed by atoms with van der Waals surface area (Å²) in [7, 11) is 0. The predicted molar refractivity (Wildman–Crippen MR) is 52.0 cm³/mol. The number of pyridine rings is 1. The van der Waals surface area contributed by atoms with Gasteiger partial charge in [-0.2, -0.15) is 0 Å². The minimum atomic E-state index is -0.523. The minimum absolute atomic E-state index is 0.149. The van der Waals surface area contributed by atoms with Crippen LogP contribution in [0.5, 0.6) is 0 Å². The van der Waals surface area contributed by atoms with Gasteiger partial charge in [0.1, 0.15) is 6.20 Å². The molecule has 0 amide bonds. The van der Waals surface area contributed by atoms with Crippen LogP contribution in [0, 0.1) is 10.1 Å². The van der Waals surface area contributed by atoms with E-state index in [9.17, 15) is 10.1 Å². The van der Waals surface area contributed by atoms with Crippen molar-refractivity contribution in [2.75, 3.05) is 0 Å². The Hall–Kier alpha value is -1.82. The lowest BCUT2D eigenvalue weighted by molar-refractivity contribution is -0.389. The van der Waals surface area contributed by atoms with Gasteiger partial charge in [-0.1, -0.05) is 0 Å². The van der Waals surface area contributed by atoms with E-state index in [0.29, 0.717) is 0 Å². The van der Waals surface area contributed by atoms with Gasteiger partial charge in [0, 0.05) is 17.0 Å². The van der Waals surface area contributed by atoms with Gasteiger partial charge in [-0.05, 0) is 16.0 Å². The lowest BCUT2D eigenvalue weighted by atomic mass is 10.2. The summed E-state index contributed by atoms with van der Waals surface area (Å²) in [5.74, 6) is -0.149. The van der Waals surface area contributed by atoms with Crippen molar-refractivity contribution in [3.05, 3.63) is 39.3 Å². The van der Waals surface area contributed by atoms with Crippen molar-refractivity contribution >= 4 is 17.2 Å². The van der Waals surface area contributed by atoms with E-state index >= 15 is 0 Å². The van der Waals surface area contributed by atoms with Gasteiger partial charge in [-0.3, -0.25) is 0 Å². The molecular formula is C8H5N3O2S. The summed E-state index contributed by atoms with van der Waals surface area (Å²) in [5, 5.41) is 12.2. The molecule has 0 atom stereocenters. The van der Waals surface area contributed by atoms with Gasteiger partial charge in [-0.15, -0.1) is 11.3 Å². The molecule has 14 heavy (non-hydrogen) atoms. The Morgan fingerprint density at radius 3 is 2.71 bits per heavy atom. The molecule has 2 aromatic heterocycles. The van der Waals surface area contributed by atoms with E-state index in [1.165, 1.54) is 23.6 Å². The van der Waals surface area contributed by atoms with Gasteiger partial charge in [-0.25, -0.2) is 4.98 Å². The normalized spacial score (nSPS) is 10.0. The van der Waals surface area contributed by atoms with Crippen LogP contribution in [0.15, 0.2) is 29.2 Å². The van der Waals surface area contributed by atoms with E-state index in [2.05, 4.69) is 9.97 Å². The van der Waals surface area contributed by atoms with Crippen LogP contribution in [-0.2, 0) is 0 Å². The number of hydrogen-bond acceptors (Lipinski definition) is 5. The van der Waals surface area contributed by atoms with Crippen molar-refractivity contribution in [2.45, 2.75) is 0 Å². The molecule has 2 rings (SSSR count). The quantitative estimate of drug-likeness (QED) is 0.558. The standard InChI is InChI=1S/C8H5N3O2S/c12-11(13)8-2-1-6(3-9-8)7-4-14-5-10-7/h1-5H. The van der Waals surface area contributed by atoms with Gasteiger partial charge in [0.25, 0.3) is 0 Å². The highest BCUT2D eigenvalue weighted by Gasteiger charge is 2.07. The molecule has 0 aliphatic heterocycles. The zero-order valence-corrected chi connectivity index (χ0v) is 7.77. The molecule has 0 spiro atoms. The molecule has 5 nitrogen and oxygen atoms in total. The Morgan fingerprint density at radius 1 is 1.36 bits per heavy atom. The second kappa shape index (κ2) is 3.51. The fourth-order valence-electron chi connectivity index (χ4n) is 1.00. The zero-order valence-electron chi connectivity index (χ0n) is 6.95. The number of rotatable bonds is 2. The maximum Gasteiger partial charge on any atom is 0.363 e. The molecule has 70 valence electrons. The largest absolute Gasteiger partial charge is 0.363 e. The Kier molecular flexibility index (Phi) is 2.19. The number of nitrogens with zero attached hydrogens (tertiary/aromatic N) is 3. The highest BCUT2D eigenvalue weighted by Crippen LogP contribution is 2.19. The third-order valence-electron chi connectivity index (χ3n) is 1.66. The summed E-state index contributed by atoms with van der Waals surface area (Å²) in [4.78, 5) is 17.6. The number of aromatic nitrogens is 2. The van der Waals surface area contributed by atoms with Crippen molar-refractivity contribution in [1.29, 1.82) is 0 Å². The third kappa shape index (κ3) is 1.60. The molecule has 0 N–H and O–H groups in total. The monoisotopic (exact) mass is 207 g/mol. The summed E-state index contributed by atoms with van der Waals surface area (Å²) in [6.07, 6.45) is 1.45. The topological polar surface area (TPSA) is 68.9 Å². The van der Waals surface area contributed by atoms with Crippen LogP contribution >= 0.6 is 11.3 Å². The molecule has 0 aliphatic rings. The first-order valence-corrected chi connectivity index (χ1v) is 4.70. The average molecular weight is 207 g/mol. The van der Waals surface area contributed by atoms with E-state index in [4.69, 9.17) is 0 Å². The molecule has 6 heteroatoms. The molecule has 0 fully saturated rings. The Labute approximate surface area is 83.2 Å². The van der Waals surface area contributed by atoms with Gasteiger partial charge in [0.2, 0.25) is 0 Å². The van der Waals surface area contributed by atoms with Gasteiger partial charge in [0.15, 0.2) is 0 Å². The summed E-state index contributed by atoms with van der Waals surface area (Å²) in [5.41, 5.74) is 3.28. The molecular weight excluding hydrogens is 202 g/mol. The lowest BCUT2D eigenvalue weighted by Gasteiger charge is -1.93. The van der Waals surface area contributed by atoms with Crippen LogP contribution in [-0.4, -0.2) is 14.9 Å². The Balaban J connectivity index is 2.36. The van der Waals surface area contributed by atoms with Gasteiger partial charge >= 0.3 is 5.82 Å². The molecule has 2 heterocycles. The fourth-order valence-corrected chi connectivity index (χ4v) is 1.56. The SMILES string of the molecule is O=[N+]([O-])c1ccc(-c2cscn2)cn1. The molecule has 0 radical (unpaired) electrons. The van der Waals surface area contributed by atoms with E-state index in [1.807, 2.05) is 5.38 Å². The van der Waals surface area contributed by atoms with Crippen LogP contribution in [0.2, 0.25) is 0 Å². The first kappa shape index (κ1) is 8.76. The molecule has 0 aromatic carbocycles. The lowest BCUT2D eigenvalue weighted by Crippen LogP contribution is -1.91. The van der Waals surface area contributed by atoms with Crippen LogP contribution in [0.4, 0.5) is 5.82 Å². The molecule has 0 saturated carbocycles. The van der Waals surface area contributed by atoms with Crippen LogP contribution in [0.1, 0.15) is 0 Å². The van der Waals surface area contributed by atoms with Crippen molar-refractivity contribution in [2.24, 2.45) is 0 Å². The number of thiazole rings is 1. The smallest absolute Gasteiger partial charge is 0.358 e. The summed E-state index contributed by atoms with van der Waals surface area (Å²) in [6.45, 7) is 0. The van der Waals surface area contributed by atoms with Crippen LogP contribution in [0.3, 0.4) is 0 Å². The van der Waals surface area contributed by atoms with Crippen molar-refractivity contribution < 1.29 is 4.92 Å². The highest BCUT2D eigenvalue weighted by molar-refractivity contribution is 7.07. The maximum absolute atomic E-state index is 10.3. The summed E-state index contributed by atoms with van der Waals surface area (Å²) in [6, 6.07) is 3.01. The molecule has 0 bridgehead atoms. The Bertz CT molecular complexity index is 438. The third-order valence-corrected chi connectivity index (χ3v) is 2.25. The summed E-state index contributed by atoms with van der Waals surface area (Å²) < 4.78 is 0. The van der Waals surface area contributed by atoms with Crippen molar-refractivity contribution in [3.8, 4) is 11.3 Å². The Morgan fingerprint density at radius 2 is 2.21 bits per heavy atom. The molecule has 0 unspecified atom stereocenters. The van der Waals surface area contributed by atoms with E-state index in [0.717, 1.165) is 11.3 Å². The molecule has 2 aromatic rings. The van der Waals surface area contributed by atoms with E-state index < -0.39 is 4.92 Å². The maximum atomic E-state index is 10.3. The van der Waals surface area contributed by atoms with Crippen molar-refractivity contribution in [3.63, 3.8) is 0 Å². The van der Waals surface area contributed by atoms with Gasteiger partial charge < -0.3 is 10.1 Å². The molecule has 0 aliphatic carbocycles. The highest BCUT2D eigenvalue weighted by atomic mass is 32.1. The van der Waals surface area contributed by atoms with E-state index in [1.54, 1.807) is 11.6 Å². The number of hydrogen-bond donors (Lipinski definition) is 0. The first-order chi connectivity index (χ1) is 6.77. The first-order valence-electron chi connectivity index (χ1n) is 3.76. The number of nitro groups is 1. The van der Waals surface area contributed by atoms with Crippen molar-refractivity contribution in [1.82, 2.24) is 9.97 Å². The van der Waals surface area contributed by atoms with Crippen LogP contribution in [0.25, 0.3) is 11.3 Å². The fraction of sp³-hybridized carbons (Fsp3) is 0. The van der Waals surface area contributed by atoms with E-state index in [-0.39, 0.29) is 5.82 Å². The summed E-state index contributed by atoms with van der Waals surface area (Å²) >= 11 is 1.47. The average Bonchev–Trinajstić information content (AvgIpc) is 2.71.